The Morgan fingerprint density at radius 2 is 1.94 bits per heavy atom. The summed E-state index contributed by atoms with van der Waals surface area (Å²) in [5.74, 6) is 1.46. The zero-order chi connectivity index (χ0) is 23.8. The van der Waals surface area contributed by atoms with Gasteiger partial charge in [-0.15, -0.1) is 5.10 Å². The second-order valence-electron chi connectivity index (χ2n) is 10.7. The lowest BCUT2D eigenvalue weighted by Crippen LogP contribution is -2.62. The molecule has 5 heterocycles. The predicted molar refractivity (Wildman–Crippen MR) is 127 cm³/mol. The summed E-state index contributed by atoms with van der Waals surface area (Å²) < 4.78 is 37.8. The molecule has 0 aliphatic carbocycles. The van der Waals surface area contributed by atoms with E-state index in [2.05, 4.69) is 26.9 Å². The van der Waals surface area contributed by atoms with Gasteiger partial charge >= 0.3 is 6.01 Å². The molecule has 35 heavy (non-hydrogen) atoms. The number of anilines is 1. The number of rotatable bonds is 6. The van der Waals surface area contributed by atoms with Crippen LogP contribution in [0.3, 0.4) is 0 Å². The van der Waals surface area contributed by atoms with E-state index in [0.717, 1.165) is 89.4 Å². The van der Waals surface area contributed by atoms with E-state index in [1.807, 2.05) is 6.07 Å². The van der Waals surface area contributed by atoms with Crippen molar-refractivity contribution in [2.24, 2.45) is 5.92 Å². The summed E-state index contributed by atoms with van der Waals surface area (Å²) in [7, 11) is 0. The zero-order valence-electron chi connectivity index (χ0n) is 20.4. The highest BCUT2D eigenvalue weighted by molar-refractivity contribution is 5.38. The molecule has 4 aliphatic heterocycles. The number of aromatic nitrogens is 2. The van der Waals surface area contributed by atoms with Crippen molar-refractivity contribution in [3.8, 4) is 5.75 Å². The summed E-state index contributed by atoms with van der Waals surface area (Å²) in [4.78, 5) is 4.64. The molecule has 4 aliphatic rings. The molecule has 6 rings (SSSR count). The first-order valence-electron chi connectivity index (χ1n) is 13.0. The third-order valence-corrected chi connectivity index (χ3v) is 8.47. The van der Waals surface area contributed by atoms with Gasteiger partial charge in [-0.2, -0.15) is 0 Å². The van der Waals surface area contributed by atoms with Crippen LogP contribution < -0.4 is 9.64 Å². The topological polar surface area (TPSA) is 73.1 Å². The number of ether oxygens (including phenoxy) is 3. The predicted octanol–water partition coefficient (Wildman–Crippen LogP) is 3.63. The van der Waals surface area contributed by atoms with Crippen molar-refractivity contribution in [1.82, 2.24) is 15.1 Å². The third kappa shape index (κ3) is 4.78. The van der Waals surface area contributed by atoms with Crippen molar-refractivity contribution < 1.29 is 23.0 Å². The molecule has 4 fully saturated rings. The summed E-state index contributed by atoms with van der Waals surface area (Å²) in [5.41, 5.74) is 0.928. The Bertz CT molecular complexity index is 985. The fraction of sp³-hybridized carbons (Fsp3) is 0.692. The second-order valence-corrected chi connectivity index (χ2v) is 10.7. The first-order valence-corrected chi connectivity index (χ1v) is 13.0. The Balaban J connectivity index is 1.05. The fourth-order valence-corrected chi connectivity index (χ4v) is 6.37. The van der Waals surface area contributed by atoms with Crippen LogP contribution in [0.15, 0.2) is 29.0 Å². The quantitative estimate of drug-likeness (QED) is 0.613. The smallest absolute Gasteiger partial charge is 0.318 e. The first kappa shape index (κ1) is 23.2. The van der Waals surface area contributed by atoms with Gasteiger partial charge in [-0.3, -0.25) is 4.90 Å². The SMILES string of the molecule is C[C@H](Oc1ccc(F)cc1C1CCN([C@@H]2COC3(C2)CN(c2nnco2)C3)CC1)C1CCOCC1. The van der Waals surface area contributed by atoms with Gasteiger partial charge in [-0.1, -0.05) is 5.10 Å². The molecule has 8 nitrogen and oxygen atoms in total. The molecule has 0 saturated carbocycles. The van der Waals surface area contributed by atoms with E-state index in [9.17, 15) is 4.39 Å². The van der Waals surface area contributed by atoms with Crippen molar-refractivity contribution in [3.63, 3.8) is 0 Å². The minimum atomic E-state index is -0.185. The molecule has 0 bridgehead atoms. The standard InChI is InChI=1S/C26H35FN4O4/c1-18(19-6-10-32-11-7-19)35-24-3-2-21(27)12-23(24)20-4-8-30(9-5-20)22-13-26(34-14-22)15-31(16-26)25-29-28-17-33-25/h2-3,12,17-20,22H,4-11,13-16H2,1H3/t18-,22-/m0/s1. The molecular weight excluding hydrogens is 451 g/mol. The lowest BCUT2D eigenvalue weighted by molar-refractivity contribution is -0.0216. The highest BCUT2D eigenvalue weighted by atomic mass is 19.1. The van der Waals surface area contributed by atoms with Gasteiger partial charge in [0.1, 0.15) is 17.2 Å². The molecule has 1 aromatic carbocycles. The van der Waals surface area contributed by atoms with Crippen molar-refractivity contribution >= 4 is 6.01 Å². The van der Waals surface area contributed by atoms with Crippen LogP contribution in [0.1, 0.15) is 50.5 Å². The fourth-order valence-electron chi connectivity index (χ4n) is 6.37. The molecule has 9 heteroatoms. The second kappa shape index (κ2) is 9.67. The third-order valence-electron chi connectivity index (χ3n) is 8.47. The number of hydrogen-bond acceptors (Lipinski definition) is 8. The monoisotopic (exact) mass is 486 g/mol. The maximum Gasteiger partial charge on any atom is 0.318 e. The molecule has 4 saturated heterocycles. The molecule has 190 valence electrons. The van der Waals surface area contributed by atoms with Crippen molar-refractivity contribution in [2.75, 3.05) is 50.9 Å². The highest BCUT2D eigenvalue weighted by Gasteiger charge is 2.52. The van der Waals surface area contributed by atoms with Gasteiger partial charge in [-0.05, 0) is 82.2 Å². The van der Waals surface area contributed by atoms with Gasteiger partial charge in [0.15, 0.2) is 0 Å². The average Bonchev–Trinajstić information content (AvgIpc) is 3.56. The van der Waals surface area contributed by atoms with Gasteiger partial charge in [0, 0.05) is 24.8 Å². The van der Waals surface area contributed by atoms with Gasteiger partial charge < -0.3 is 23.5 Å². The Labute approximate surface area is 205 Å². The van der Waals surface area contributed by atoms with E-state index < -0.39 is 0 Å². The maximum absolute atomic E-state index is 14.3. The molecule has 0 N–H and O–H groups in total. The molecule has 2 atom stereocenters. The number of piperidine rings is 1. The highest BCUT2D eigenvalue weighted by Crippen LogP contribution is 2.41. The van der Waals surface area contributed by atoms with E-state index in [1.54, 1.807) is 6.07 Å². The normalized spacial score (nSPS) is 26.7. The minimum absolute atomic E-state index is 0.0974. The lowest BCUT2D eigenvalue weighted by atomic mass is 9.86. The molecule has 2 aromatic rings. The van der Waals surface area contributed by atoms with Gasteiger partial charge in [0.05, 0.1) is 25.8 Å². The van der Waals surface area contributed by atoms with E-state index in [-0.39, 0.29) is 17.5 Å². The summed E-state index contributed by atoms with van der Waals surface area (Å²) in [5, 5.41) is 7.76. The van der Waals surface area contributed by atoms with E-state index in [1.165, 1.54) is 12.5 Å². The molecule has 1 spiro atoms. The van der Waals surface area contributed by atoms with Gasteiger partial charge in [-0.25, -0.2) is 4.39 Å². The van der Waals surface area contributed by atoms with E-state index in [4.69, 9.17) is 18.6 Å². The van der Waals surface area contributed by atoms with Crippen molar-refractivity contribution in [3.05, 3.63) is 36.0 Å². The molecular formula is C26H35FN4O4. The van der Waals surface area contributed by atoms with Crippen molar-refractivity contribution in [1.29, 1.82) is 0 Å². The van der Waals surface area contributed by atoms with Gasteiger partial charge in [0.25, 0.3) is 0 Å². The largest absolute Gasteiger partial charge is 0.490 e. The molecule has 1 aromatic heterocycles. The average molecular weight is 487 g/mol. The van der Waals surface area contributed by atoms with Crippen LogP contribution in [-0.2, 0) is 9.47 Å². The first-order chi connectivity index (χ1) is 17.1. The van der Waals surface area contributed by atoms with Crippen LogP contribution in [0.5, 0.6) is 5.75 Å². The summed E-state index contributed by atoms with van der Waals surface area (Å²) in [6.07, 6.45) is 6.54. The van der Waals surface area contributed by atoms with E-state index >= 15 is 0 Å². The summed E-state index contributed by atoms with van der Waals surface area (Å²) in [6, 6.07) is 6.05. The number of hydrogen-bond donors (Lipinski definition) is 0. The lowest BCUT2D eigenvalue weighted by Gasteiger charge is -2.46. The molecule has 0 amide bonds. The van der Waals surface area contributed by atoms with Crippen LogP contribution >= 0.6 is 0 Å². The zero-order valence-corrected chi connectivity index (χ0v) is 20.4. The Morgan fingerprint density at radius 1 is 1.14 bits per heavy atom. The van der Waals surface area contributed by atoms with Crippen LogP contribution in [0, 0.1) is 11.7 Å². The Morgan fingerprint density at radius 3 is 2.69 bits per heavy atom. The van der Waals surface area contributed by atoms with Crippen LogP contribution in [0.25, 0.3) is 0 Å². The van der Waals surface area contributed by atoms with E-state index in [0.29, 0.717) is 23.9 Å². The number of halogens is 1. The number of benzene rings is 1. The van der Waals surface area contributed by atoms with Crippen molar-refractivity contribution in [2.45, 2.75) is 62.7 Å². The molecule has 0 radical (unpaired) electrons. The number of likely N-dealkylation sites (tertiary alicyclic amines) is 1. The van der Waals surface area contributed by atoms with Gasteiger partial charge in [0.2, 0.25) is 6.39 Å². The summed E-state index contributed by atoms with van der Waals surface area (Å²) in [6.45, 7) is 8.10. The summed E-state index contributed by atoms with van der Waals surface area (Å²) >= 11 is 0. The Hall–Kier alpha value is -2.23. The van der Waals surface area contributed by atoms with Crippen LogP contribution in [-0.4, -0.2) is 78.8 Å². The number of nitrogens with zero attached hydrogens (tertiary/aromatic N) is 4. The van der Waals surface area contributed by atoms with Crippen LogP contribution in [0.4, 0.5) is 10.4 Å². The maximum atomic E-state index is 14.3. The van der Waals surface area contributed by atoms with Crippen LogP contribution in [0.2, 0.25) is 0 Å². The minimum Gasteiger partial charge on any atom is -0.490 e. The molecule has 0 unspecified atom stereocenters. The Kier molecular flexibility index (Phi) is 6.41.